The average molecular weight is 373 g/mol. The van der Waals surface area contributed by atoms with E-state index in [1.807, 2.05) is 0 Å². The molecule has 3 aliphatic heterocycles. The Morgan fingerprint density at radius 2 is 1.89 bits per heavy atom. The van der Waals surface area contributed by atoms with Crippen LogP contribution >= 0.6 is 0 Å². The minimum atomic E-state index is -0.560. The van der Waals surface area contributed by atoms with Gasteiger partial charge in [-0.1, -0.05) is 12.1 Å². The van der Waals surface area contributed by atoms with Crippen LogP contribution in [0.25, 0.3) is 0 Å². The molecule has 3 heterocycles. The minimum Gasteiger partial charge on any atom is -0.388 e. The molecule has 150 valence electrons. The maximum Gasteiger partial charge on any atom is 0.0807 e. The molecule has 0 spiro atoms. The number of piperidine rings is 2. The number of ether oxygens (including phenoxy) is 1. The molecule has 3 saturated heterocycles. The van der Waals surface area contributed by atoms with Crippen molar-refractivity contribution >= 4 is 5.69 Å². The summed E-state index contributed by atoms with van der Waals surface area (Å²) in [7, 11) is 0. The molecule has 1 aromatic carbocycles. The molecule has 3 fully saturated rings. The van der Waals surface area contributed by atoms with E-state index >= 15 is 0 Å². The van der Waals surface area contributed by atoms with E-state index < -0.39 is 5.60 Å². The topological polar surface area (TPSA) is 35.9 Å². The van der Waals surface area contributed by atoms with Crippen LogP contribution in [0.2, 0.25) is 0 Å². The summed E-state index contributed by atoms with van der Waals surface area (Å²) in [4.78, 5) is 4.97. The van der Waals surface area contributed by atoms with Gasteiger partial charge in [-0.3, -0.25) is 4.90 Å². The number of likely N-dealkylation sites (tertiary alicyclic amines) is 1. The Labute approximate surface area is 164 Å². The second-order valence-corrected chi connectivity index (χ2v) is 9.69. The predicted molar refractivity (Wildman–Crippen MR) is 110 cm³/mol. The van der Waals surface area contributed by atoms with E-state index in [4.69, 9.17) is 4.74 Å². The van der Waals surface area contributed by atoms with Crippen LogP contribution in [0.5, 0.6) is 0 Å². The van der Waals surface area contributed by atoms with Gasteiger partial charge < -0.3 is 14.7 Å². The van der Waals surface area contributed by atoms with Gasteiger partial charge in [0, 0.05) is 31.4 Å². The van der Waals surface area contributed by atoms with Crippen molar-refractivity contribution in [1.82, 2.24) is 4.90 Å². The molecular formula is C23H36N2O2. The first-order valence-electron chi connectivity index (χ1n) is 10.8. The third kappa shape index (κ3) is 4.33. The van der Waals surface area contributed by atoms with Gasteiger partial charge in [-0.05, 0) is 83.5 Å². The maximum absolute atomic E-state index is 11.3. The van der Waals surface area contributed by atoms with Crippen LogP contribution < -0.4 is 4.90 Å². The predicted octanol–water partition coefficient (Wildman–Crippen LogP) is 3.75. The van der Waals surface area contributed by atoms with E-state index in [1.54, 1.807) is 0 Å². The van der Waals surface area contributed by atoms with E-state index in [0.717, 1.165) is 45.4 Å². The number of hydrogen-bond donors (Lipinski definition) is 1. The van der Waals surface area contributed by atoms with Crippen molar-refractivity contribution in [3.8, 4) is 0 Å². The van der Waals surface area contributed by atoms with Gasteiger partial charge in [0.1, 0.15) is 0 Å². The molecule has 4 nitrogen and oxygen atoms in total. The molecule has 0 saturated carbocycles. The number of rotatable bonds is 3. The quantitative estimate of drug-likeness (QED) is 0.877. The summed E-state index contributed by atoms with van der Waals surface area (Å²) in [6, 6.07) is 9.20. The largest absolute Gasteiger partial charge is 0.388 e. The van der Waals surface area contributed by atoms with Crippen LogP contribution in [0.3, 0.4) is 0 Å². The highest BCUT2D eigenvalue weighted by Gasteiger charge is 2.43. The molecule has 3 aliphatic rings. The van der Waals surface area contributed by atoms with Crippen molar-refractivity contribution in [2.75, 3.05) is 31.1 Å². The number of nitrogens with zero attached hydrogens (tertiary/aromatic N) is 2. The lowest BCUT2D eigenvalue weighted by molar-refractivity contribution is -0.167. The lowest BCUT2D eigenvalue weighted by atomic mass is 9.84. The van der Waals surface area contributed by atoms with Gasteiger partial charge >= 0.3 is 0 Å². The number of fused-ring (bicyclic) bond motifs is 1. The van der Waals surface area contributed by atoms with E-state index in [0.29, 0.717) is 12.1 Å². The molecule has 1 aromatic rings. The summed E-state index contributed by atoms with van der Waals surface area (Å²) >= 11 is 0. The van der Waals surface area contributed by atoms with Crippen molar-refractivity contribution < 1.29 is 9.84 Å². The first-order valence-corrected chi connectivity index (χ1v) is 10.8. The van der Waals surface area contributed by atoms with Crippen molar-refractivity contribution in [2.24, 2.45) is 0 Å². The van der Waals surface area contributed by atoms with Crippen LogP contribution in [0, 0.1) is 6.92 Å². The summed E-state index contributed by atoms with van der Waals surface area (Å²) in [6.45, 7) is 10.4. The van der Waals surface area contributed by atoms with Gasteiger partial charge in [0.05, 0.1) is 17.3 Å². The van der Waals surface area contributed by atoms with Crippen molar-refractivity contribution in [3.63, 3.8) is 0 Å². The van der Waals surface area contributed by atoms with Crippen LogP contribution in [0.15, 0.2) is 24.3 Å². The summed E-state index contributed by atoms with van der Waals surface area (Å²) in [5.41, 5.74) is 2.04. The average Bonchev–Trinajstić information content (AvgIpc) is 2.61. The zero-order chi connectivity index (χ0) is 19.1. The summed E-state index contributed by atoms with van der Waals surface area (Å²) in [6.07, 6.45) is 6.71. The number of aryl methyl sites for hydroxylation is 1. The molecule has 0 bridgehead atoms. The molecule has 1 N–H and O–H groups in total. The van der Waals surface area contributed by atoms with E-state index in [9.17, 15) is 5.11 Å². The van der Waals surface area contributed by atoms with Gasteiger partial charge in [0.25, 0.3) is 0 Å². The molecule has 0 radical (unpaired) electrons. The Bertz CT molecular complexity index is 652. The standard InChI is InChI=1S/C23H36N2O2/c1-18-6-4-7-19(16-18)24-14-11-23(26,12-15-24)17-25-13-5-8-21-20(25)9-10-22(2,3)27-21/h4,6-7,16,20-21,26H,5,8-15,17H2,1-3H3/t20-,21-/m1/s1. The zero-order valence-electron chi connectivity index (χ0n) is 17.3. The second kappa shape index (κ2) is 7.38. The van der Waals surface area contributed by atoms with Gasteiger partial charge in [0.2, 0.25) is 0 Å². The molecule has 27 heavy (non-hydrogen) atoms. The van der Waals surface area contributed by atoms with Crippen LogP contribution in [-0.2, 0) is 4.74 Å². The molecule has 0 aliphatic carbocycles. The third-order valence-corrected chi connectivity index (χ3v) is 6.90. The Hall–Kier alpha value is -1.10. The molecule has 4 rings (SSSR count). The van der Waals surface area contributed by atoms with Crippen molar-refractivity contribution in [2.45, 2.75) is 82.6 Å². The summed E-state index contributed by atoms with van der Waals surface area (Å²) < 4.78 is 6.38. The van der Waals surface area contributed by atoms with Gasteiger partial charge in [-0.25, -0.2) is 0 Å². The SMILES string of the molecule is Cc1cccc(N2CCC(O)(CN3CCC[C@H]4OC(C)(C)CC[C@H]43)CC2)c1. The number of β-amino-alcohol motifs (C(OH)–C–C–N with tert-alkyl or cyclic N) is 1. The molecule has 0 amide bonds. The Morgan fingerprint density at radius 3 is 2.63 bits per heavy atom. The van der Waals surface area contributed by atoms with Crippen molar-refractivity contribution in [3.05, 3.63) is 29.8 Å². The first kappa shape index (κ1) is 19.2. The Kier molecular flexibility index (Phi) is 5.26. The summed E-state index contributed by atoms with van der Waals surface area (Å²) in [5.74, 6) is 0. The highest BCUT2D eigenvalue weighted by atomic mass is 16.5. The lowest BCUT2D eigenvalue weighted by Gasteiger charge is -2.51. The number of anilines is 1. The Morgan fingerprint density at radius 1 is 1.11 bits per heavy atom. The monoisotopic (exact) mass is 372 g/mol. The highest BCUT2D eigenvalue weighted by molar-refractivity contribution is 5.48. The van der Waals surface area contributed by atoms with Crippen LogP contribution in [0.4, 0.5) is 5.69 Å². The molecule has 4 heteroatoms. The zero-order valence-corrected chi connectivity index (χ0v) is 17.3. The molecule has 0 aromatic heterocycles. The third-order valence-electron chi connectivity index (χ3n) is 6.90. The normalized spacial score (nSPS) is 30.7. The molecular weight excluding hydrogens is 336 g/mol. The highest BCUT2D eigenvalue weighted by Crippen LogP contribution is 2.37. The van der Waals surface area contributed by atoms with Gasteiger partial charge in [-0.2, -0.15) is 0 Å². The van der Waals surface area contributed by atoms with E-state index in [1.165, 1.54) is 30.5 Å². The Balaban J connectivity index is 1.37. The lowest BCUT2D eigenvalue weighted by Crippen LogP contribution is -2.60. The number of benzene rings is 1. The maximum atomic E-state index is 11.3. The first-order chi connectivity index (χ1) is 12.8. The van der Waals surface area contributed by atoms with Crippen LogP contribution in [-0.4, -0.2) is 59.5 Å². The summed E-state index contributed by atoms with van der Waals surface area (Å²) in [5, 5.41) is 11.3. The smallest absolute Gasteiger partial charge is 0.0807 e. The number of aliphatic hydroxyl groups is 1. The van der Waals surface area contributed by atoms with E-state index in [-0.39, 0.29) is 5.60 Å². The van der Waals surface area contributed by atoms with Gasteiger partial charge in [0.15, 0.2) is 0 Å². The fourth-order valence-electron chi connectivity index (χ4n) is 5.30. The fraction of sp³-hybridized carbons (Fsp3) is 0.739. The number of hydrogen-bond acceptors (Lipinski definition) is 4. The van der Waals surface area contributed by atoms with Crippen molar-refractivity contribution in [1.29, 1.82) is 0 Å². The van der Waals surface area contributed by atoms with Crippen LogP contribution in [0.1, 0.15) is 57.9 Å². The van der Waals surface area contributed by atoms with Gasteiger partial charge in [-0.15, -0.1) is 0 Å². The minimum absolute atomic E-state index is 0.0141. The molecule has 0 unspecified atom stereocenters. The molecule has 2 atom stereocenters. The van der Waals surface area contributed by atoms with E-state index in [2.05, 4.69) is 54.8 Å². The second-order valence-electron chi connectivity index (χ2n) is 9.69. The fourth-order valence-corrected chi connectivity index (χ4v) is 5.30.